The van der Waals surface area contributed by atoms with Crippen molar-refractivity contribution in [2.24, 2.45) is 0 Å². The van der Waals surface area contributed by atoms with Crippen LogP contribution in [0.2, 0.25) is 0 Å². The number of hydrogen-bond acceptors (Lipinski definition) is 5. The first-order valence-electron chi connectivity index (χ1n) is 7.37. The molecule has 0 saturated heterocycles. The fraction of sp³-hybridized carbons (Fsp3) is 0.278. The van der Waals surface area contributed by atoms with Gasteiger partial charge in [-0.05, 0) is 13.8 Å². The number of fused-ring (bicyclic) bond motifs is 1. The molecule has 0 aliphatic rings. The first-order chi connectivity index (χ1) is 11.1. The zero-order chi connectivity index (χ0) is 17.0. The second-order valence-corrected chi connectivity index (χ2v) is 4.75. The fourth-order valence-corrected chi connectivity index (χ4v) is 2.52. The van der Waals surface area contributed by atoms with Crippen LogP contribution in [0.3, 0.4) is 0 Å². The van der Waals surface area contributed by atoms with Crippen LogP contribution in [-0.2, 0) is 9.47 Å². The van der Waals surface area contributed by atoms with Crippen molar-refractivity contribution in [3.63, 3.8) is 0 Å². The SMILES string of the molecule is C=C(OCC)c1c(C(=O)OCC)c(O)c2ccccc2c1OC. The smallest absolute Gasteiger partial charge is 0.342 e. The summed E-state index contributed by atoms with van der Waals surface area (Å²) >= 11 is 0. The summed E-state index contributed by atoms with van der Waals surface area (Å²) < 4.78 is 16.0. The van der Waals surface area contributed by atoms with Crippen molar-refractivity contribution < 1.29 is 24.1 Å². The summed E-state index contributed by atoms with van der Waals surface area (Å²) in [6.45, 7) is 7.92. The fourth-order valence-electron chi connectivity index (χ4n) is 2.52. The number of phenols is 1. The molecule has 0 saturated carbocycles. The van der Waals surface area contributed by atoms with Crippen LogP contribution in [0.5, 0.6) is 11.5 Å². The molecular formula is C18H20O5. The molecule has 0 aromatic heterocycles. The van der Waals surface area contributed by atoms with Crippen molar-refractivity contribution in [1.82, 2.24) is 0 Å². The summed E-state index contributed by atoms with van der Waals surface area (Å²) in [5, 5.41) is 11.8. The third-order valence-electron chi connectivity index (χ3n) is 3.42. The topological polar surface area (TPSA) is 65.0 Å². The van der Waals surface area contributed by atoms with E-state index in [1.807, 2.05) is 13.0 Å². The molecule has 0 aliphatic heterocycles. The normalized spacial score (nSPS) is 10.4. The van der Waals surface area contributed by atoms with Gasteiger partial charge >= 0.3 is 5.97 Å². The lowest BCUT2D eigenvalue weighted by Crippen LogP contribution is -2.11. The molecule has 0 bridgehead atoms. The second-order valence-electron chi connectivity index (χ2n) is 4.75. The van der Waals surface area contributed by atoms with Crippen LogP contribution in [0, 0.1) is 0 Å². The van der Waals surface area contributed by atoms with E-state index in [9.17, 15) is 9.90 Å². The summed E-state index contributed by atoms with van der Waals surface area (Å²) in [5.74, 6) is -0.158. The van der Waals surface area contributed by atoms with E-state index in [2.05, 4.69) is 6.58 Å². The number of aromatic hydroxyl groups is 1. The van der Waals surface area contributed by atoms with Crippen molar-refractivity contribution in [2.75, 3.05) is 20.3 Å². The van der Waals surface area contributed by atoms with Gasteiger partial charge in [0.25, 0.3) is 0 Å². The number of carbonyl (C=O) groups is 1. The molecule has 2 aromatic rings. The Hall–Kier alpha value is -2.69. The van der Waals surface area contributed by atoms with Gasteiger partial charge in [-0.2, -0.15) is 0 Å². The number of methoxy groups -OCH3 is 1. The number of ether oxygens (including phenoxy) is 3. The third-order valence-corrected chi connectivity index (χ3v) is 3.42. The first kappa shape index (κ1) is 16.7. The molecule has 2 rings (SSSR count). The summed E-state index contributed by atoms with van der Waals surface area (Å²) in [6.07, 6.45) is 0. The minimum Gasteiger partial charge on any atom is -0.506 e. The highest BCUT2D eigenvalue weighted by atomic mass is 16.5. The monoisotopic (exact) mass is 316 g/mol. The average molecular weight is 316 g/mol. The zero-order valence-corrected chi connectivity index (χ0v) is 13.5. The van der Waals surface area contributed by atoms with Gasteiger partial charge in [0, 0.05) is 10.8 Å². The molecular weight excluding hydrogens is 296 g/mol. The average Bonchev–Trinajstić information content (AvgIpc) is 2.55. The molecule has 1 N–H and O–H groups in total. The van der Waals surface area contributed by atoms with E-state index in [1.165, 1.54) is 7.11 Å². The molecule has 5 nitrogen and oxygen atoms in total. The Bertz CT molecular complexity index is 749. The standard InChI is InChI=1S/C18H20O5/c1-5-22-11(3)14-15(18(20)23-6-2)16(19)12-9-7-8-10-13(12)17(14)21-4/h7-10,19H,3,5-6H2,1-2,4H3. The second kappa shape index (κ2) is 7.05. The van der Waals surface area contributed by atoms with Gasteiger partial charge in [0.15, 0.2) is 0 Å². The van der Waals surface area contributed by atoms with E-state index in [0.717, 1.165) is 0 Å². The van der Waals surface area contributed by atoms with Crippen LogP contribution in [-0.4, -0.2) is 31.4 Å². The Labute approximate surface area is 135 Å². The maximum absolute atomic E-state index is 12.4. The number of carbonyl (C=O) groups excluding carboxylic acids is 1. The largest absolute Gasteiger partial charge is 0.506 e. The number of rotatable bonds is 6. The molecule has 5 heteroatoms. The molecule has 2 aromatic carbocycles. The minimum absolute atomic E-state index is 0.000787. The van der Waals surface area contributed by atoms with Crippen LogP contribution >= 0.6 is 0 Å². The molecule has 0 spiro atoms. The van der Waals surface area contributed by atoms with E-state index in [1.54, 1.807) is 25.1 Å². The molecule has 23 heavy (non-hydrogen) atoms. The predicted octanol–water partition coefficient (Wildman–Crippen LogP) is 3.74. The lowest BCUT2D eigenvalue weighted by molar-refractivity contribution is 0.0522. The van der Waals surface area contributed by atoms with Gasteiger partial charge in [0.05, 0.1) is 25.9 Å². The van der Waals surface area contributed by atoms with Gasteiger partial charge in [-0.15, -0.1) is 0 Å². The van der Waals surface area contributed by atoms with Crippen LogP contribution in [0.25, 0.3) is 16.5 Å². The Morgan fingerprint density at radius 3 is 2.26 bits per heavy atom. The Balaban J connectivity index is 2.88. The summed E-state index contributed by atoms with van der Waals surface area (Å²) in [6, 6.07) is 7.10. The molecule has 0 amide bonds. The molecule has 0 fully saturated rings. The van der Waals surface area contributed by atoms with Gasteiger partial charge < -0.3 is 19.3 Å². The van der Waals surface area contributed by atoms with E-state index in [-0.39, 0.29) is 23.7 Å². The Kier molecular flexibility index (Phi) is 5.11. The number of phenolic OH excluding ortho intramolecular Hbond substituents is 1. The molecule has 0 heterocycles. The number of benzene rings is 2. The predicted molar refractivity (Wildman–Crippen MR) is 88.8 cm³/mol. The maximum atomic E-state index is 12.4. The number of hydrogen-bond donors (Lipinski definition) is 1. The number of esters is 1. The Morgan fingerprint density at radius 1 is 1.09 bits per heavy atom. The highest BCUT2D eigenvalue weighted by Gasteiger charge is 2.27. The van der Waals surface area contributed by atoms with E-state index in [4.69, 9.17) is 14.2 Å². The molecule has 122 valence electrons. The quantitative estimate of drug-likeness (QED) is 0.649. The van der Waals surface area contributed by atoms with Crippen LogP contribution in [0.1, 0.15) is 29.8 Å². The summed E-state index contributed by atoms with van der Waals surface area (Å²) in [4.78, 5) is 12.4. The van der Waals surface area contributed by atoms with Crippen LogP contribution < -0.4 is 4.74 Å². The molecule has 0 unspecified atom stereocenters. The molecule has 0 aliphatic carbocycles. The lowest BCUT2D eigenvalue weighted by atomic mass is 9.96. The van der Waals surface area contributed by atoms with Crippen molar-refractivity contribution >= 4 is 22.5 Å². The summed E-state index contributed by atoms with van der Waals surface area (Å²) in [5.41, 5.74) is 0.310. The van der Waals surface area contributed by atoms with Gasteiger partial charge in [-0.3, -0.25) is 0 Å². The lowest BCUT2D eigenvalue weighted by Gasteiger charge is -2.19. The van der Waals surface area contributed by atoms with Crippen molar-refractivity contribution in [3.8, 4) is 11.5 Å². The van der Waals surface area contributed by atoms with Crippen molar-refractivity contribution in [1.29, 1.82) is 0 Å². The highest BCUT2D eigenvalue weighted by molar-refractivity contribution is 6.08. The first-order valence-corrected chi connectivity index (χ1v) is 7.37. The van der Waals surface area contributed by atoms with Gasteiger partial charge in [-0.1, -0.05) is 30.8 Å². The zero-order valence-electron chi connectivity index (χ0n) is 13.5. The van der Waals surface area contributed by atoms with Gasteiger partial charge in [0.2, 0.25) is 0 Å². The van der Waals surface area contributed by atoms with E-state index < -0.39 is 5.97 Å². The van der Waals surface area contributed by atoms with Gasteiger partial charge in [-0.25, -0.2) is 4.79 Å². The van der Waals surface area contributed by atoms with Crippen molar-refractivity contribution in [3.05, 3.63) is 42.0 Å². The minimum atomic E-state index is -0.648. The van der Waals surface area contributed by atoms with Crippen molar-refractivity contribution in [2.45, 2.75) is 13.8 Å². The van der Waals surface area contributed by atoms with Gasteiger partial charge in [0.1, 0.15) is 22.8 Å². The molecule has 0 radical (unpaired) electrons. The van der Waals surface area contributed by atoms with Crippen LogP contribution in [0.4, 0.5) is 0 Å². The third kappa shape index (κ3) is 2.95. The van der Waals surface area contributed by atoms with Crippen LogP contribution in [0.15, 0.2) is 30.8 Å². The van der Waals surface area contributed by atoms with E-state index in [0.29, 0.717) is 28.7 Å². The Morgan fingerprint density at radius 2 is 1.70 bits per heavy atom. The highest BCUT2D eigenvalue weighted by Crippen LogP contribution is 2.43. The maximum Gasteiger partial charge on any atom is 0.342 e. The molecule has 0 atom stereocenters. The van der Waals surface area contributed by atoms with E-state index >= 15 is 0 Å². The summed E-state index contributed by atoms with van der Waals surface area (Å²) in [7, 11) is 1.50.